The molecule has 0 radical (unpaired) electrons. The van der Waals surface area contributed by atoms with E-state index in [0.29, 0.717) is 69.3 Å². The molecule has 1 aromatic carbocycles. The number of ether oxygens (including phenoxy) is 3. The Bertz CT molecular complexity index is 1170. The second kappa shape index (κ2) is 14.8. The van der Waals surface area contributed by atoms with Gasteiger partial charge in [-0.2, -0.15) is 0 Å². The molecule has 1 aromatic heterocycles. The van der Waals surface area contributed by atoms with Gasteiger partial charge < -0.3 is 24.8 Å². The maximum absolute atomic E-state index is 13.5. The monoisotopic (exact) mass is 566 g/mol. The van der Waals surface area contributed by atoms with Crippen LogP contribution in [0.3, 0.4) is 0 Å². The molecule has 41 heavy (non-hydrogen) atoms. The zero-order valence-electron chi connectivity index (χ0n) is 24.2. The van der Waals surface area contributed by atoms with Crippen LogP contribution in [0.15, 0.2) is 42.7 Å². The Kier molecular flexibility index (Phi) is 11.0. The first-order valence-corrected chi connectivity index (χ1v) is 14.5. The lowest BCUT2D eigenvalue weighted by Gasteiger charge is -2.32. The molecule has 1 fully saturated rings. The number of aromatic nitrogens is 1. The van der Waals surface area contributed by atoms with Gasteiger partial charge in [0.25, 0.3) is 5.91 Å². The molecule has 1 unspecified atom stereocenters. The minimum atomic E-state index is -0.908. The molecule has 2 bridgehead atoms. The smallest absolute Gasteiger partial charge is 0.314 e. The number of methoxy groups -OCH3 is 1. The van der Waals surface area contributed by atoms with E-state index in [4.69, 9.17) is 14.2 Å². The molecule has 2 amide bonds. The predicted molar refractivity (Wildman–Crippen MR) is 153 cm³/mol. The van der Waals surface area contributed by atoms with Crippen molar-refractivity contribution in [3.63, 3.8) is 0 Å². The fourth-order valence-electron chi connectivity index (χ4n) is 5.31. The summed E-state index contributed by atoms with van der Waals surface area (Å²) in [7, 11) is 1.54. The van der Waals surface area contributed by atoms with Gasteiger partial charge in [0.05, 0.1) is 19.1 Å². The van der Waals surface area contributed by atoms with Crippen molar-refractivity contribution >= 4 is 17.8 Å². The fourth-order valence-corrected chi connectivity index (χ4v) is 5.31. The van der Waals surface area contributed by atoms with Crippen LogP contribution < -0.4 is 20.1 Å². The average Bonchev–Trinajstić information content (AvgIpc) is 3.79. The summed E-state index contributed by atoms with van der Waals surface area (Å²) in [4.78, 5) is 45.5. The molecule has 1 aliphatic carbocycles. The summed E-state index contributed by atoms with van der Waals surface area (Å²) >= 11 is 0. The first-order valence-electron chi connectivity index (χ1n) is 14.5. The van der Waals surface area contributed by atoms with E-state index in [2.05, 4.69) is 20.5 Å². The Morgan fingerprint density at radius 2 is 1.93 bits per heavy atom. The number of amides is 2. The van der Waals surface area contributed by atoms with Gasteiger partial charge in [-0.05, 0) is 74.0 Å². The maximum atomic E-state index is 13.5. The molecule has 2 aliphatic rings. The van der Waals surface area contributed by atoms with Crippen molar-refractivity contribution in [2.24, 2.45) is 11.3 Å². The zero-order chi connectivity index (χ0) is 29.1. The van der Waals surface area contributed by atoms with Crippen molar-refractivity contribution in [1.29, 1.82) is 0 Å². The summed E-state index contributed by atoms with van der Waals surface area (Å²) in [6.07, 6.45) is 7.62. The molecular formula is C31H42N4O6. The quantitative estimate of drug-likeness (QED) is 0.491. The number of nitrogens with zero attached hydrogens (tertiary/aromatic N) is 2. The first-order chi connectivity index (χ1) is 19.9. The van der Waals surface area contributed by atoms with E-state index < -0.39 is 5.41 Å². The highest BCUT2D eigenvalue weighted by Crippen LogP contribution is 2.43. The number of benzene rings is 1. The third-order valence-corrected chi connectivity index (χ3v) is 7.62. The van der Waals surface area contributed by atoms with Crippen LogP contribution in [0.2, 0.25) is 0 Å². The lowest BCUT2D eigenvalue weighted by molar-refractivity contribution is -0.156. The lowest BCUT2D eigenvalue weighted by Crippen LogP contribution is -2.46. The van der Waals surface area contributed by atoms with Crippen molar-refractivity contribution in [2.75, 3.05) is 46.5 Å². The third kappa shape index (κ3) is 9.18. The number of hydrogen-bond acceptors (Lipinski definition) is 8. The van der Waals surface area contributed by atoms with Crippen molar-refractivity contribution < 1.29 is 28.6 Å². The Morgan fingerprint density at radius 1 is 1.12 bits per heavy atom. The third-order valence-electron chi connectivity index (χ3n) is 7.62. The fraction of sp³-hybridized carbons (Fsp3) is 0.548. The van der Waals surface area contributed by atoms with Gasteiger partial charge in [0.2, 0.25) is 5.91 Å². The molecule has 10 heteroatoms. The summed E-state index contributed by atoms with van der Waals surface area (Å²) in [5.41, 5.74) is 1.04. The van der Waals surface area contributed by atoms with Gasteiger partial charge in [0.1, 0.15) is 0 Å². The van der Waals surface area contributed by atoms with E-state index in [1.165, 1.54) is 0 Å². The van der Waals surface area contributed by atoms with E-state index in [9.17, 15) is 14.4 Å². The van der Waals surface area contributed by atoms with Crippen LogP contribution in [0.25, 0.3) is 0 Å². The van der Waals surface area contributed by atoms with Crippen LogP contribution >= 0.6 is 0 Å². The number of hydrogen-bond donors (Lipinski definition) is 2. The highest BCUT2D eigenvalue weighted by atomic mass is 16.5. The SMILES string of the molecule is CCOC(=O)C1(CC2CC2)CNC(=O)CCCN(Cc2ccncc2)CCNC(=O)COc2cc(ccc2OC)C1. The molecule has 1 atom stereocenters. The number of carbonyl (C=O) groups excluding carboxylic acids is 3. The van der Waals surface area contributed by atoms with Gasteiger partial charge in [-0.3, -0.25) is 24.3 Å². The molecule has 2 aromatic rings. The average molecular weight is 567 g/mol. The van der Waals surface area contributed by atoms with Gasteiger partial charge >= 0.3 is 5.97 Å². The molecule has 2 heterocycles. The van der Waals surface area contributed by atoms with Gasteiger partial charge in [0, 0.05) is 45.0 Å². The molecule has 1 aliphatic heterocycles. The summed E-state index contributed by atoms with van der Waals surface area (Å²) in [6.45, 7) is 4.51. The van der Waals surface area contributed by atoms with E-state index in [1.54, 1.807) is 32.5 Å². The summed E-state index contributed by atoms with van der Waals surface area (Å²) < 4.78 is 16.9. The highest BCUT2D eigenvalue weighted by molar-refractivity contribution is 5.80. The molecule has 1 saturated carbocycles. The first kappa shape index (κ1) is 30.3. The predicted octanol–water partition coefficient (Wildman–Crippen LogP) is 2.89. The topological polar surface area (TPSA) is 119 Å². The van der Waals surface area contributed by atoms with Crippen LogP contribution in [0, 0.1) is 11.3 Å². The summed E-state index contributed by atoms with van der Waals surface area (Å²) in [6, 6.07) is 9.41. The second-order valence-corrected chi connectivity index (χ2v) is 11.0. The van der Waals surface area contributed by atoms with Crippen LogP contribution in [-0.2, 0) is 32.1 Å². The molecule has 4 rings (SSSR count). The maximum Gasteiger partial charge on any atom is 0.314 e. The number of carbonyl (C=O) groups is 3. The van der Waals surface area contributed by atoms with Crippen LogP contribution in [-0.4, -0.2) is 74.2 Å². The molecule has 222 valence electrons. The van der Waals surface area contributed by atoms with Crippen molar-refractivity contribution in [3.05, 3.63) is 53.9 Å². The van der Waals surface area contributed by atoms with Crippen LogP contribution in [0.5, 0.6) is 11.5 Å². The lowest BCUT2D eigenvalue weighted by atomic mass is 9.76. The minimum absolute atomic E-state index is 0.0912. The van der Waals surface area contributed by atoms with E-state index in [-0.39, 0.29) is 37.5 Å². The minimum Gasteiger partial charge on any atom is -0.493 e. The highest BCUT2D eigenvalue weighted by Gasteiger charge is 2.44. The second-order valence-electron chi connectivity index (χ2n) is 11.0. The molecule has 0 saturated heterocycles. The normalized spacial score (nSPS) is 21.4. The number of esters is 1. The zero-order valence-corrected chi connectivity index (χ0v) is 24.2. The molecular weight excluding hydrogens is 524 g/mol. The molecule has 0 spiro atoms. The van der Waals surface area contributed by atoms with E-state index >= 15 is 0 Å². The Hall–Kier alpha value is -3.66. The van der Waals surface area contributed by atoms with Crippen molar-refractivity contribution in [2.45, 2.75) is 52.0 Å². The number of rotatable bonds is 7. The van der Waals surface area contributed by atoms with Gasteiger partial charge in [-0.25, -0.2) is 0 Å². The Balaban J connectivity index is 1.58. The summed E-state index contributed by atoms with van der Waals surface area (Å²) in [5, 5.41) is 6.00. The van der Waals surface area contributed by atoms with E-state index in [1.807, 2.05) is 24.3 Å². The molecule has 2 N–H and O–H groups in total. The number of fused-ring (bicyclic) bond motifs is 2. The summed E-state index contributed by atoms with van der Waals surface area (Å²) in [5.74, 6) is 0.713. The van der Waals surface area contributed by atoms with Gasteiger partial charge in [-0.1, -0.05) is 18.9 Å². The van der Waals surface area contributed by atoms with Gasteiger partial charge in [0.15, 0.2) is 18.1 Å². The van der Waals surface area contributed by atoms with Crippen molar-refractivity contribution in [3.8, 4) is 11.5 Å². The number of nitrogens with one attached hydrogen (secondary N) is 2. The largest absolute Gasteiger partial charge is 0.493 e. The van der Waals surface area contributed by atoms with Gasteiger partial charge in [-0.15, -0.1) is 0 Å². The number of pyridine rings is 1. The standard InChI is InChI=1S/C31H42N4O6/c1-3-40-30(38)31(18-23-6-7-23)19-25-8-9-26(39-2)27(17-25)41-21-29(37)33-14-16-35(15-4-5-28(36)34-22-31)20-24-10-12-32-13-11-24/h8-13,17,23H,3-7,14-16,18-22H2,1-2H3,(H,33,37)(H,34,36). The Morgan fingerprint density at radius 3 is 2.66 bits per heavy atom. The van der Waals surface area contributed by atoms with Crippen LogP contribution in [0.1, 0.15) is 50.2 Å². The van der Waals surface area contributed by atoms with Crippen LogP contribution in [0.4, 0.5) is 0 Å². The van der Waals surface area contributed by atoms with Crippen molar-refractivity contribution in [1.82, 2.24) is 20.5 Å². The Labute approximate surface area is 242 Å². The molecule has 10 nitrogen and oxygen atoms in total. The van der Waals surface area contributed by atoms with E-state index in [0.717, 1.165) is 24.0 Å².